The molecule has 0 aliphatic rings. The molecule has 0 bridgehead atoms. The fraction of sp³-hybridized carbons (Fsp3) is 0.571. The van der Waals surface area contributed by atoms with Crippen molar-refractivity contribution < 1.29 is 9.53 Å². The zero-order valence-corrected chi connectivity index (χ0v) is 12.1. The van der Waals surface area contributed by atoms with Crippen LogP contribution in [0.1, 0.15) is 24.3 Å². The van der Waals surface area contributed by atoms with Crippen LogP contribution < -0.4 is 5.32 Å². The van der Waals surface area contributed by atoms with Gasteiger partial charge in [-0.05, 0) is 18.1 Å². The van der Waals surface area contributed by atoms with Crippen LogP contribution in [0.15, 0.2) is 18.3 Å². The van der Waals surface area contributed by atoms with Gasteiger partial charge in [0, 0.05) is 39.1 Å². The Morgan fingerprint density at radius 3 is 2.84 bits per heavy atom. The largest absolute Gasteiger partial charge is 0.388 e. The minimum absolute atomic E-state index is 0.0529. The summed E-state index contributed by atoms with van der Waals surface area (Å²) in [6.07, 6.45) is 1.64. The number of hydrogen-bond acceptors (Lipinski definition) is 4. The Hall–Kier alpha value is -1.62. The third-order valence-electron chi connectivity index (χ3n) is 2.71. The van der Waals surface area contributed by atoms with Crippen molar-refractivity contribution in [2.45, 2.75) is 13.8 Å². The smallest absolute Gasteiger partial charge is 0.272 e. The van der Waals surface area contributed by atoms with Gasteiger partial charge in [0.05, 0.1) is 6.61 Å². The van der Waals surface area contributed by atoms with E-state index in [4.69, 9.17) is 4.74 Å². The van der Waals surface area contributed by atoms with Crippen LogP contribution >= 0.6 is 0 Å². The maximum Gasteiger partial charge on any atom is 0.272 e. The molecule has 1 amide bonds. The zero-order valence-electron chi connectivity index (χ0n) is 12.1. The molecule has 0 unspecified atom stereocenters. The summed E-state index contributed by atoms with van der Waals surface area (Å²) in [6.45, 7) is 5.99. The molecule has 1 aromatic rings. The molecule has 0 radical (unpaired) electrons. The number of anilines is 1. The third-order valence-corrected chi connectivity index (χ3v) is 2.71. The normalized spacial score (nSPS) is 10.6. The average Bonchev–Trinajstić information content (AvgIpc) is 2.42. The van der Waals surface area contributed by atoms with Crippen molar-refractivity contribution in [3.8, 4) is 0 Å². The fourth-order valence-electron chi connectivity index (χ4n) is 1.78. The summed E-state index contributed by atoms with van der Waals surface area (Å²) in [5.74, 6) is 0.358. The average molecular weight is 265 g/mol. The van der Waals surface area contributed by atoms with Crippen LogP contribution in [0.2, 0.25) is 0 Å². The fourth-order valence-corrected chi connectivity index (χ4v) is 1.78. The van der Waals surface area contributed by atoms with Gasteiger partial charge in [-0.25, -0.2) is 0 Å². The van der Waals surface area contributed by atoms with Crippen LogP contribution in [0.4, 0.5) is 5.69 Å². The number of nitrogens with zero attached hydrogens (tertiary/aromatic N) is 2. The van der Waals surface area contributed by atoms with E-state index < -0.39 is 0 Å². The van der Waals surface area contributed by atoms with E-state index in [1.807, 2.05) is 13.1 Å². The highest BCUT2D eigenvalue weighted by molar-refractivity contribution is 5.93. The van der Waals surface area contributed by atoms with E-state index >= 15 is 0 Å². The van der Waals surface area contributed by atoms with E-state index in [0.29, 0.717) is 31.3 Å². The van der Waals surface area contributed by atoms with Gasteiger partial charge in [0.25, 0.3) is 5.91 Å². The van der Waals surface area contributed by atoms with Gasteiger partial charge in [-0.15, -0.1) is 0 Å². The lowest BCUT2D eigenvalue weighted by atomic mass is 10.2. The predicted molar refractivity (Wildman–Crippen MR) is 76.4 cm³/mol. The quantitative estimate of drug-likeness (QED) is 0.817. The topological polar surface area (TPSA) is 54.5 Å². The van der Waals surface area contributed by atoms with Crippen molar-refractivity contribution in [2.24, 2.45) is 5.92 Å². The molecule has 0 aromatic carbocycles. The van der Waals surface area contributed by atoms with Crippen LogP contribution in [-0.2, 0) is 4.74 Å². The first-order valence-electron chi connectivity index (χ1n) is 6.50. The molecular formula is C14H23N3O2. The number of carbonyl (C=O) groups excluding carboxylic acids is 1. The maximum atomic E-state index is 12.4. The molecule has 0 aliphatic carbocycles. The number of pyridine rings is 1. The van der Waals surface area contributed by atoms with Crippen LogP contribution in [0.3, 0.4) is 0 Å². The van der Waals surface area contributed by atoms with Crippen molar-refractivity contribution >= 4 is 11.6 Å². The summed E-state index contributed by atoms with van der Waals surface area (Å²) >= 11 is 0. The van der Waals surface area contributed by atoms with E-state index in [1.54, 1.807) is 24.3 Å². The van der Waals surface area contributed by atoms with E-state index in [0.717, 1.165) is 5.69 Å². The predicted octanol–water partition coefficient (Wildman–Crippen LogP) is 1.87. The molecule has 5 nitrogen and oxygen atoms in total. The van der Waals surface area contributed by atoms with Crippen LogP contribution in [0.25, 0.3) is 0 Å². The number of amides is 1. The molecule has 1 rings (SSSR count). The Labute approximate surface area is 115 Å². The summed E-state index contributed by atoms with van der Waals surface area (Å²) in [6, 6.07) is 3.60. The third kappa shape index (κ3) is 4.87. The van der Waals surface area contributed by atoms with Crippen LogP contribution in [0, 0.1) is 5.92 Å². The first-order valence-corrected chi connectivity index (χ1v) is 6.50. The molecule has 1 heterocycles. The molecular weight excluding hydrogens is 242 g/mol. The van der Waals surface area contributed by atoms with Crippen molar-refractivity contribution in [1.29, 1.82) is 0 Å². The van der Waals surface area contributed by atoms with Gasteiger partial charge in [-0.3, -0.25) is 9.78 Å². The number of hydrogen-bond donors (Lipinski definition) is 1. The summed E-state index contributed by atoms with van der Waals surface area (Å²) in [5.41, 5.74) is 1.35. The first kappa shape index (κ1) is 15.4. The number of ether oxygens (including phenoxy) is 1. The van der Waals surface area contributed by atoms with Gasteiger partial charge in [-0.1, -0.05) is 13.8 Å². The minimum Gasteiger partial charge on any atom is -0.388 e. The van der Waals surface area contributed by atoms with Gasteiger partial charge in [-0.2, -0.15) is 0 Å². The molecule has 0 fully saturated rings. The lowest BCUT2D eigenvalue weighted by molar-refractivity contribution is 0.0666. The number of aromatic nitrogens is 1. The summed E-state index contributed by atoms with van der Waals surface area (Å²) in [5, 5.41) is 3.01. The molecule has 1 aromatic heterocycles. The summed E-state index contributed by atoms with van der Waals surface area (Å²) in [4.78, 5) is 18.4. The second-order valence-electron chi connectivity index (χ2n) is 4.82. The number of nitrogens with one attached hydrogen (secondary N) is 1. The van der Waals surface area contributed by atoms with Gasteiger partial charge < -0.3 is 15.0 Å². The molecule has 5 heteroatoms. The van der Waals surface area contributed by atoms with E-state index in [9.17, 15) is 4.79 Å². The summed E-state index contributed by atoms with van der Waals surface area (Å²) < 4.78 is 5.06. The highest BCUT2D eigenvalue weighted by Gasteiger charge is 2.18. The highest BCUT2D eigenvalue weighted by Crippen LogP contribution is 2.10. The van der Waals surface area contributed by atoms with Crippen molar-refractivity contribution in [1.82, 2.24) is 9.88 Å². The Bertz CT molecular complexity index is 407. The van der Waals surface area contributed by atoms with Gasteiger partial charge in [0.1, 0.15) is 5.69 Å². The molecule has 19 heavy (non-hydrogen) atoms. The molecule has 0 saturated heterocycles. The second-order valence-corrected chi connectivity index (χ2v) is 4.82. The lowest BCUT2D eigenvalue weighted by Crippen LogP contribution is -2.37. The second kappa shape index (κ2) is 7.74. The van der Waals surface area contributed by atoms with Crippen molar-refractivity contribution in [3.05, 3.63) is 24.0 Å². The lowest BCUT2D eigenvalue weighted by Gasteiger charge is -2.24. The van der Waals surface area contributed by atoms with E-state index in [2.05, 4.69) is 24.1 Å². The van der Waals surface area contributed by atoms with E-state index in [1.165, 1.54) is 0 Å². The van der Waals surface area contributed by atoms with Gasteiger partial charge in [0.15, 0.2) is 0 Å². The van der Waals surface area contributed by atoms with Crippen molar-refractivity contribution in [3.63, 3.8) is 0 Å². The first-order chi connectivity index (χ1) is 9.08. The molecule has 106 valence electrons. The van der Waals surface area contributed by atoms with Crippen molar-refractivity contribution in [2.75, 3.05) is 39.2 Å². The highest BCUT2D eigenvalue weighted by atomic mass is 16.5. The van der Waals surface area contributed by atoms with E-state index in [-0.39, 0.29) is 5.91 Å². The van der Waals surface area contributed by atoms with Gasteiger partial charge >= 0.3 is 0 Å². The Morgan fingerprint density at radius 2 is 2.26 bits per heavy atom. The zero-order chi connectivity index (χ0) is 14.3. The van der Waals surface area contributed by atoms with Crippen LogP contribution in [0.5, 0.6) is 0 Å². The maximum absolute atomic E-state index is 12.4. The van der Waals surface area contributed by atoms with Crippen LogP contribution in [-0.4, -0.2) is 49.6 Å². The minimum atomic E-state index is -0.0529. The molecule has 1 N–H and O–H groups in total. The Balaban J connectivity index is 2.84. The molecule has 0 spiro atoms. The number of rotatable bonds is 7. The Kier molecular flexibility index (Phi) is 6.29. The molecule has 0 aliphatic heterocycles. The molecule has 0 saturated carbocycles. The van der Waals surface area contributed by atoms with Gasteiger partial charge in [0.2, 0.25) is 0 Å². The Morgan fingerprint density at radius 1 is 1.53 bits per heavy atom. The molecule has 0 atom stereocenters. The number of methoxy groups -OCH3 is 1. The monoisotopic (exact) mass is 265 g/mol. The number of carbonyl (C=O) groups is 1. The SMILES string of the molecule is CNc1ccnc(C(=O)N(CCOC)CC(C)C)c1. The summed E-state index contributed by atoms with van der Waals surface area (Å²) in [7, 11) is 3.46. The standard InChI is InChI=1S/C14H23N3O2/c1-11(2)10-17(7-8-19-4)14(18)13-9-12(15-3)5-6-16-13/h5-6,9,11H,7-8,10H2,1-4H3,(H,15,16).